The molecule has 17 heavy (non-hydrogen) atoms. The van der Waals surface area contributed by atoms with E-state index in [0.717, 1.165) is 0 Å². The number of methoxy groups -OCH3 is 1. The van der Waals surface area contributed by atoms with Gasteiger partial charge in [0, 0.05) is 0 Å². The number of halogens is 4. The van der Waals surface area contributed by atoms with Crippen LogP contribution in [-0.4, -0.2) is 23.4 Å². The second-order valence-electron chi connectivity index (χ2n) is 2.60. The molecule has 0 atom stereocenters. The monoisotopic (exact) mass is 364 g/mol. The van der Waals surface area contributed by atoms with Crippen molar-refractivity contribution in [2.75, 3.05) is 7.11 Å². The van der Waals surface area contributed by atoms with Crippen LogP contribution in [-0.2, 0) is 0 Å². The number of aromatic nitrogens is 1. The number of ether oxygens (including phenoxy) is 2. The first-order valence-corrected chi connectivity index (χ1v) is 4.96. The summed E-state index contributed by atoms with van der Waals surface area (Å²) in [6.07, 6.45) is -4.39. The minimum absolute atomic E-state index is 0.185. The van der Waals surface area contributed by atoms with E-state index in [2.05, 4.69) is 14.5 Å². The Kier molecular flexibility index (Phi) is 3.95. The Labute approximate surface area is 106 Å². The van der Waals surface area contributed by atoms with Crippen LogP contribution in [0.4, 0.5) is 18.9 Å². The Morgan fingerprint density at radius 3 is 2.53 bits per heavy atom. The van der Waals surface area contributed by atoms with Gasteiger partial charge in [0.25, 0.3) is 0 Å². The summed E-state index contributed by atoms with van der Waals surface area (Å²) < 4.78 is 44.3. The van der Waals surface area contributed by atoms with Crippen molar-refractivity contribution in [2.24, 2.45) is 0 Å². The normalized spacial score (nSPS) is 11.1. The maximum absolute atomic E-state index is 12.1. The Balaban J connectivity index is 3.35. The fourth-order valence-electron chi connectivity index (χ4n) is 0.930. The molecule has 0 aliphatic heterocycles. The molecule has 0 fully saturated rings. The SMILES string of the molecule is COc1ncc([N+](=O)[O-])c(OC(F)(F)F)c1I. The third-order valence-electron chi connectivity index (χ3n) is 1.53. The Hall–Kier alpha value is -1.33. The molecule has 0 spiro atoms. The third-order valence-corrected chi connectivity index (χ3v) is 2.48. The number of hydrogen-bond acceptors (Lipinski definition) is 5. The van der Waals surface area contributed by atoms with Gasteiger partial charge in [-0.3, -0.25) is 10.1 Å². The van der Waals surface area contributed by atoms with Gasteiger partial charge in [-0.05, 0) is 22.6 Å². The van der Waals surface area contributed by atoms with E-state index in [1.807, 2.05) is 0 Å². The van der Waals surface area contributed by atoms with Crippen LogP contribution in [0.3, 0.4) is 0 Å². The summed E-state index contributed by atoms with van der Waals surface area (Å²) >= 11 is 1.42. The largest absolute Gasteiger partial charge is 0.573 e. The highest BCUT2D eigenvalue weighted by molar-refractivity contribution is 14.1. The molecular weight excluding hydrogens is 360 g/mol. The second kappa shape index (κ2) is 4.89. The van der Waals surface area contributed by atoms with E-state index in [0.29, 0.717) is 6.20 Å². The van der Waals surface area contributed by atoms with Crippen LogP contribution >= 0.6 is 22.6 Å². The van der Waals surface area contributed by atoms with Crippen molar-refractivity contribution in [1.82, 2.24) is 4.98 Å². The molecule has 0 radical (unpaired) electrons. The molecule has 0 aliphatic rings. The molecule has 0 unspecified atom stereocenters. The predicted molar refractivity (Wildman–Crippen MR) is 56.8 cm³/mol. The predicted octanol–water partition coefficient (Wildman–Crippen LogP) is 2.50. The molecule has 0 saturated heterocycles. The molecule has 94 valence electrons. The fraction of sp³-hybridized carbons (Fsp3) is 0.286. The minimum Gasteiger partial charge on any atom is -0.480 e. The average molecular weight is 364 g/mol. The summed E-state index contributed by atoms with van der Waals surface area (Å²) in [6.45, 7) is 0. The molecule has 1 aromatic rings. The van der Waals surface area contributed by atoms with Crippen LogP contribution in [0.2, 0.25) is 0 Å². The highest BCUT2D eigenvalue weighted by Crippen LogP contribution is 2.39. The zero-order valence-corrected chi connectivity index (χ0v) is 10.3. The lowest BCUT2D eigenvalue weighted by atomic mass is 10.4. The summed E-state index contributed by atoms with van der Waals surface area (Å²) in [6, 6.07) is 0. The highest BCUT2D eigenvalue weighted by Gasteiger charge is 2.37. The standard InChI is InChI=1S/C7H4F3IN2O4/c1-16-6-4(11)5(17-7(8,9)10)3(2-12-6)13(14)15/h2H,1H3. The van der Waals surface area contributed by atoms with Gasteiger partial charge in [-0.1, -0.05) is 0 Å². The van der Waals surface area contributed by atoms with Gasteiger partial charge in [0.2, 0.25) is 11.6 Å². The third kappa shape index (κ3) is 3.31. The highest BCUT2D eigenvalue weighted by atomic mass is 127. The van der Waals surface area contributed by atoms with E-state index in [-0.39, 0.29) is 9.45 Å². The molecule has 0 aliphatic carbocycles. The number of pyridine rings is 1. The molecule has 1 aromatic heterocycles. The Bertz CT molecular complexity index is 451. The molecule has 0 amide bonds. The van der Waals surface area contributed by atoms with Gasteiger partial charge >= 0.3 is 12.0 Å². The Morgan fingerprint density at radius 2 is 2.12 bits per heavy atom. The zero-order chi connectivity index (χ0) is 13.2. The zero-order valence-electron chi connectivity index (χ0n) is 8.12. The van der Waals surface area contributed by atoms with Gasteiger partial charge in [-0.2, -0.15) is 0 Å². The quantitative estimate of drug-likeness (QED) is 0.468. The first kappa shape index (κ1) is 13.7. The number of rotatable bonds is 3. The van der Waals surface area contributed by atoms with Crippen molar-refractivity contribution >= 4 is 28.3 Å². The van der Waals surface area contributed by atoms with Crippen molar-refractivity contribution in [2.45, 2.75) is 6.36 Å². The summed E-state index contributed by atoms with van der Waals surface area (Å²) in [7, 11) is 1.17. The summed E-state index contributed by atoms with van der Waals surface area (Å²) in [5.74, 6) is -1.12. The van der Waals surface area contributed by atoms with E-state index in [1.54, 1.807) is 0 Å². The molecule has 0 saturated carbocycles. The minimum atomic E-state index is -5.03. The van der Waals surface area contributed by atoms with Gasteiger partial charge in [-0.25, -0.2) is 4.98 Å². The van der Waals surface area contributed by atoms with Gasteiger partial charge in [0.15, 0.2) is 0 Å². The maximum atomic E-state index is 12.1. The topological polar surface area (TPSA) is 74.5 Å². The van der Waals surface area contributed by atoms with Gasteiger partial charge in [-0.15, -0.1) is 13.2 Å². The lowest BCUT2D eigenvalue weighted by Gasteiger charge is -2.11. The van der Waals surface area contributed by atoms with Crippen molar-refractivity contribution < 1.29 is 27.6 Å². The molecule has 6 nitrogen and oxygen atoms in total. The van der Waals surface area contributed by atoms with Crippen LogP contribution < -0.4 is 9.47 Å². The van der Waals surface area contributed by atoms with Gasteiger partial charge in [0.1, 0.15) is 9.77 Å². The van der Waals surface area contributed by atoms with E-state index in [1.165, 1.54) is 29.7 Å². The van der Waals surface area contributed by atoms with E-state index in [9.17, 15) is 23.3 Å². The van der Waals surface area contributed by atoms with Crippen molar-refractivity contribution in [1.29, 1.82) is 0 Å². The van der Waals surface area contributed by atoms with Crippen molar-refractivity contribution in [3.05, 3.63) is 19.9 Å². The number of nitrogens with zero attached hydrogens (tertiary/aromatic N) is 2. The average Bonchev–Trinajstić information content (AvgIpc) is 2.18. The summed E-state index contributed by atoms with van der Waals surface area (Å²) in [4.78, 5) is 13.0. The molecule has 1 rings (SSSR count). The van der Waals surface area contributed by atoms with Crippen LogP contribution in [0.15, 0.2) is 6.20 Å². The Morgan fingerprint density at radius 1 is 1.53 bits per heavy atom. The van der Waals surface area contributed by atoms with E-state index >= 15 is 0 Å². The van der Waals surface area contributed by atoms with Crippen molar-refractivity contribution in [3.63, 3.8) is 0 Å². The van der Waals surface area contributed by atoms with Crippen LogP contribution in [0.25, 0.3) is 0 Å². The van der Waals surface area contributed by atoms with Crippen LogP contribution in [0, 0.1) is 13.7 Å². The van der Waals surface area contributed by atoms with Crippen LogP contribution in [0.1, 0.15) is 0 Å². The number of nitro groups is 1. The first-order valence-electron chi connectivity index (χ1n) is 3.89. The maximum Gasteiger partial charge on any atom is 0.573 e. The molecule has 1 heterocycles. The van der Waals surface area contributed by atoms with Crippen LogP contribution in [0.5, 0.6) is 11.6 Å². The summed E-state index contributed by atoms with van der Waals surface area (Å²) in [5.41, 5.74) is -0.882. The molecule has 10 heteroatoms. The number of alkyl halides is 3. The van der Waals surface area contributed by atoms with Gasteiger partial charge < -0.3 is 9.47 Å². The summed E-state index contributed by atoms with van der Waals surface area (Å²) in [5, 5.41) is 10.5. The van der Waals surface area contributed by atoms with E-state index < -0.39 is 22.7 Å². The van der Waals surface area contributed by atoms with Gasteiger partial charge in [0.05, 0.1) is 12.0 Å². The molecule has 0 N–H and O–H groups in total. The first-order chi connectivity index (χ1) is 7.76. The van der Waals surface area contributed by atoms with Crippen molar-refractivity contribution in [3.8, 4) is 11.6 Å². The number of hydrogen-bond donors (Lipinski definition) is 0. The lowest BCUT2D eigenvalue weighted by Crippen LogP contribution is -2.19. The molecule has 0 bridgehead atoms. The second-order valence-corrected chi connectivity index (χ2v) is 3.68. The lowest BCUT2D eigenvalue weighted by molar-refractivity contribution is -0.389. The molecular formula is C7H4F3IN2O4. The smallest absolute Gasteiger partial charge is 0.480 e. The molecule has 0 aromatic carbocycles. The fourth-order valence-corrected chi connectivity index (χ4v) is 1.68. The van der Waals surface area contributed by atoms with E-state index in [4.69, 9.17) is 0 Å².